The van der Waals surface area contributed by atoms with Crippen LogP contribution in [0.5, 0.6) is 11.5 Å². The second-order valence-electron chi connectivity index (χ2n) is 6.00. The molecule has 1 aromatic heterocycles. The molecular formula is C15H15Br2N3O3. The Kier molecular flexibility index (Phi) is 3.92. The van der Waals surface area contributed by atoms with Crippen molar-refractivity contribution in [3.63, 3.8) is 0 Å². The Labute approximate surface area is 150 Å². The Hall–Kier alpha value is -1.54. The number of benzene rings is 1. The summed E-state index contributed by atoms with van der Waals surface area (Å²) in [4.78, 5) is 14.7. The van der Waals surface area contributed by atoms with Crippen molar-refractivity contribution >= 4 is 43.6 Å². The molecule has 1 aliphatic heterocycles. The van der Waals surface area contributed by atoms with Gasteiger partial charge >= 0.3 is 0 Å². The quantitative estimate of drug-likeness (QED) is 0.731. The van der Waals surface area contributed by atoms with E-state index in [2.05, 4.69) is 37.0 Å². The summed E-state index contributed by atoms with van der Waals surface area (Å²) in [6.07, 6.45) is 1.61. The highest BCUT2D eigenvalue weighted by atomic mass is 79.9. The number of hydrogen-bond donors (Lipinski definition) is 1. The highest BCUT2D eigenvalue weighted by molar-refractivity contribution is 9.11. The van der Waals surface area contributed by atoms with E-state index in [0.29, 0.717) is 32.6 Å². The molecule has 0 atom stereocenters. The van der Waals surface area contributed by atoms with Gasteiger partial charge in [0, 0.05) is 12.6 Å². The van der Waals surface area contributed by atoms with E-state index in [0.717, 1.165) is 0 Å². The standard InChI is InChI=1S/C15H15Br2N3O3/c1-15(2)7-20(13-11(23-15)6-18-19(13)3)14(22)8-4-9(16)12(21)10(17)5-8/h4-6,21H,7H2,1-3H3. The summed E-state index contributed by atoms with van der Waals surface area (Å²) in [7, 11) is 1.77. The number of amides is 1. The molecule has 1 aromatic carbocycles. The van der Waals surface area contributed by atoms with E-state index < -0.39 is 5.60 Å². The number of aryl methyl sites for hydroxylation is 1. The van der Waals surface area contributed by atoms with Gasteiger partial charge in [-0.15, -0.1) is 0 Å². The molecule has 6 nitrogen and oxygen atoms in total. The van der Waals surface area contributed by atoms with Crippen molar-refractivity contribution in [3.8, 4) is 11.5 Å². The number of fused-ring (bicyclic) bond motifs is 1. The summed E-state index contributed by atoms with van der Waals surface area (Å²) in [5.41, 5.74) is -0.0664. The first kappa shape index (κ1) is 16.3. The number of halogens is 2. The van der Waals surface area contributed by atoms with Crippen molar-refractivity contribution in [2.24, 2.45) is 7.05 Å². The van der Waals surface area contributed by atoms with Gasteiger partial charge in [-0.25, -0.2) is 4.68 Å². The molecule has 0 saturated heterocycles. The molecule has 1 N–H and O–H groups in total. The van der Waals surface area contributed by atoms with Crippen LogP contribution in [0.25, 0.3) is 0 Å². The molecule has 1 amide bonds. The normalized spacial score (nSPS) is 16.0. The van der Waals surface area contributed by atoms with E-state index in [-0.39, 0.29) is 11.7 Å². The number of hydrogen-bond acceptors (Lipinski definition) is 4. The Morgan fingerprint density at radius 1 is 1.35 bits per heavy atom. The van der Waals surface area contributed by atoms with Crippen LogP contribution in [-0.2, 0) is 7.05 Å². The van der Waals surface area contributed by atoms with Crippen molar-refractivity contribution in [1.29, 1.82) is 0 Å². The van der Waals surface area contributed by atoms with Crippen LogP contribution in [0, 0.1) is 0 Å². The zero-order valence-corrected chi connectivity index (χ0v) is 16.0. The number of nitrogens with zero attached hydrogens (tertiary/aromatic N) is 3. The van der Waals surface area contributed by atoms with E-state index in [1.165, 1.54) is 0 Å². The maximum Gasteiger partial charge on any atom is 0.259 e. The molecule has 0 saturated carbocycles. The Morgan fingerprint density at radius 2 is 1.96 bits per heavy atom. The Balaban J connectivity index is 2.07. The molecule has 3 rings (SSSR count). The third-order valence-corrected chi connectivity index (χ3v) is 4.77. The number of carbonyl (C=O) groups excluding carboxylic acids is 1. The van der Waals surface area contributed by atoms with Gasteiger partial charge in [0.2, 0.25) is 0 Å². The lowest BCUT2D eigenvalue weighted by Gasteiger charge is -2.38. The van der Waals surface area contributed by atoms with E-state index in [4.69, 9.17) is 4.74 Å². The molecule has 8 heteroatoms. The van der Waals surface area contributed by atoms with Crippen LogP contribution in [0.15, 0.2) is 27.3 Å². The fraction of sp³-hybridized carbons (Fsp3) is 0.333. The minimum Gasteiger partial charge on any atom is -0.506 e. The minimum atomic E-state index is -0.517. The maximum atomic E-state index is 13.0. The molecule has 2 heterocycles. The molecular weight excluding hydrogens is 430 g/mol. The molecule has 1 aliphatic rings. The molecule has 0 unspecified atom stereocenters. The van der Waals surface area contributed by atoms with Gasteiger partial charge in [0.25, 0.3) is 5.91 Å². The lowest BCUT2D eigenvalue weighted by molar-refractivity contribution is 0.0832. The third-order valence-electron chi connectivity index (χ3n) is 3.56. The fourth-order valence-electron chi connectivity index (χ4n) is 2.59. The van der Waals surface area contributed by atoms with Gasteiger partial charge in [-0.2, -0.15) is 5.10 Å². The SMILES string of the molecule is Cn1ncc2c1N(C(=O)c1cc(Br)c(O)c(Br)c1)CC(C)(C)O2. The Morgan fingerprint density at radius 3 is 2.57 bits per heavy atom. The predicted octanol–water partition coefficient (Wildman–Crippen LogP) is 3.47. The monoisotopic (exact) mass is 443 g/mol. The average molecular weight is 445 g/mol. The smallest absolute Gasteiger partial charge is 0.259 e. The van der Waals surface area contributed by atoms with E-state index in [9.17, 15) is 9.90 Å². The molecule has 0 aliphatic carbocycles. The van der Waals surface area contributed by atoms with Crippen LogP contribution in [0.1, 0.15) is 24.2 Å². The predicted molar refractivity (Wildman–Crippen MR) is 93.1 cm³/mol. The van der Waals surface area contributed by atoms with E-state index in [1.54, 1.807) is 35.0 Å². The number of ether oxygens (including phenoxy) is 1. The van der Waals surface area contributed by atoms with Crippen LogP contribution in [-0.4, -0.2) is 32.9 Å². The number of rotatable bonds is 1. The van der Waals surface area contributed by atoms with E-state index >= 15 is 0 Å². The van der Waals surface area contributed by atoms with Gasteiger partial charge < -0.3 is 9.84 Å². The van der Waals surface area contributed by atoms with E-state index in [1.807, 2.05) is 13.8 Å². The van der Waals surface area contributed by atoms with Gasteiger partial charge in [0.05, 0.1) is 21.7 Å². The van der Waals surface area contributed by atoms with Gasteiger partial charge in [-0.1, -0.05) is 0 Å². The largest absolute Gasteiger partial charge is 0.506 e. The average Bonchev–Trinajstić information content (AvgIpc) is 2.82. The summed E-state index contributed by atoms with van der Waals surface area (Å²) in [6, 6.07) is 3.20. The van der Waals surface area contributed by atoms with Crippen molar-refractivity contribution < 1.29 is 14.6 Å². The zero-order chi connectivity index (χ0) is 16.9. The summed E-state index contributed by atoms with van der Waals surface area (Å²) in [5, 5.41) is 14.0. The van der Waals surface area contributed by atoms with Crippen LogP contribution < -0.4 is 9.64 Å². The van der Waals surface area contributed by atoms with Crippen LogP contribution in [0.3, 0.4) is 0 Å². The molecule has 0 radical (unpaired) electrons. The summed E-state index contributed by atoms with van der Waals surface area (Å²) in [6.45, 7) is 4.24. The van der Waals surface area contributed by atoms with Crippen LogP contribution >= 0.6 is 31.9 Å². The van der Waals surface area contributed by atoms with Crippen molar-refractivity contribution in [2.45, 2.75) is 19.4 Å². The molecule has 2 aromatic rings. The minimum absolute atomic E-state index is 0.0603. The van der Waals surface area contributed by atoms with Gasteiger partial charge in [0.15, 0.2) is 11.6 Å². The summed E-state index contributed by atoms with van der Waals surface area (Å²) >= 11 is 6.51. The van der Waals surface area contributed by atoms with Gasteiger partial charge in [-0.05, 0) is 57.8 Å². The number of aromatic nitrogens is 2. The molecule has 23 heavy (non-hydrogen) atoms. The summed E-state index contributed by atoms with van der Waals surface area (Å²) in [5.74, 6) is 1.07. The number of anilines is 1. The maximum absolute atomic E-state index is 13.0. The first-order valence-corrected chi connectivity index (χ1v) is 8.49. The van der Waals surface area contributed by atoms with Crippen molar-refractivity contribution in [2.75, 3.05) is 11.4 Å². The molecule has 0 spiro atoms. The zero-order valence-electron chi connectivity index (χ0n) is 12.8. The first-order chi connectivity index (χ1) is 10.7. The van der Waals surface area contributed by atoms with Crippen molar-refractivity contribution in [1.82, 2.24) is 9.78 Å². The molecule has 0 fully saturated rings. The lowest BCUT2D eigenvalue weighted by atomic mass is 10.1. The van der Waals surface area contributed by atoms with Crippen LogP contribution in [0.4, 0.5) is 5.82 Å². The Bertz CT molecular complexity index is 778. The lowest BCUT2D eigenvalue weighted by Crippen LogP contribution is -2.49. The fourth-order valence-corrected chi connectivity index (χ4v) is 3.78. The van der Waals surface area contributed by atoms with Crippen LogP contribution in [0.2, 0.25) is 0 Å². The number of carbonyl (C=O) groups is 1. The first-order valence-electron chi connectivity index (χ1n) is 6.90. The number of phenols is 1. The molecule has 0 bridgehead atoms. The number of phenolic OH excluding ortho intramolecular Hbond substituents is 1. The third kappa shape index (κ3) is 2.85. The summed E-state index contributed by atoms with van der Waals surface area (Å²) < 4.78 is 8.41. The highest BCUT2D eigenvalue weighted by Gasteiger charge is 2.38. The highest BCUT2D eigenvalue weighted by Crippen LogP contribution is 2.39. The van der Waals surface area contributed by atoms with Gasteiger partial charge in [-0.3, -0.25) is 9.69 Å². The molecule has 122 valence electrons. The van der Waals surface area contributed by atoms with Gasteiger partial charge in [0.1, 0.15) is 11.4 Å². The second kappa shape index (κ2) is 5.52. The topological polar surface area (TPSA) is 67.6 Å². The second-order valence-corrected chi connectivity index (χ2v) is 7.71. The van der Waals surface area contributed by atoms with Crippen molar-refractivity contribution in [3.05, 3.63) is 32.8 Å². The number of aromatic hydroxyl groups is 1.